The van der Waals surface area contributed by atoms with Gasteiger partial charge in [0.05, 0.1) is 18.0 Å². The molecular formula is C13H23N3O2. The molecule has 1 aliphatic heterocycles. The third kappa shape index (κ3) is 4.53. The monoisotopic (exact) mass is 253 g/mol. The largest absolute Gasteiger partial charge is 0.444 e. The molecule has 0 aromatic carbocycles. The molecule has 1 aliphatic rings. The van der Waals surface area contributed by atoms with Crippen LogP contribution in [0, 0.1) is 23.2 Å². The van der Waals surface area contributed by atoms with E-state index in [1.54, 1.807) is 0 Å². The van der Waals surface area contributed by atoms with Crippen molar-refractivity contribution in [3.05, 3.63) is 0 Å². The van der Waals surface area contributed by atoms with Crippen LogP contribution in [0.4, 0.5) is 4.79 Å². The van der Waals surface area contributed by atoms with Crippen LogP contribution in [0.5, 0.6) is 0 Å². The predicted octanol–water partition coefficient (Wildman–Crippen LogP) is 1.65. The molecule has 0 saturated carbocycles. The average molecular weight is 253 g/mol. The molecular weight excluding hydrogens is 230 g/mol. The fraction of sp³-hybridized carbons (Fsp3) is 0.846. The second kappa shape index (κ2) is 6.05. The highest BCUT2D eigenvalue weighted by Crippen LogP contribution is 2.20. The van der Waals surface area contributed by atoms with Gasteiger partial charge in [0.25, 0.3) is 0 Å². The van der Waals surface area contributed by atoms with Crippen LogP contribution in [0.2, 0.25) is 0 Å². The van der Waals surface area contributed by atoms with Crippen molar-refractivity contribution >= 4 is 6.09 Å². The first-order chi connectivity index (χ1) is 8.33. The standard InChI is InChI=1S/C13H23N3O2/c1-9(7-14)11(10-5-6-15-8-10)16-12(17)18-13(2,3)4/h9-11,15H,5-6,8H2,1-4H3,(H,16,17). The lowest BCUT2D eigenvalue weighted by Gasteiger charge is -2.28. The molecule has 1 heterocycles. The normalized spacial score (nSPS) is 22.9. The SMILES string of the molecule is CC(C#N)C(NC(=O)OC(C)(C)C)C1CCNC1. The van der Waals surface area contributed by atoms with Crippen molar-refractivity contribution in [2.45, 2.75) is 45.8 Å². The van der Waals surface area contributed by atoms with Gasteiger partial charge in [0.2, 0.25) is 0 Å². The van der Waals surface area contributed by atoms with Crippen molar-refractivity contribution in [1.82, 2.24) is 10.6 Å². The molecule has 1 amide bonds. The minimum Gasteiger partial charge on any atom is -0.444 e. The van der Waals surface area contributed by atoms with Gasteiger partial charge < -0.3 is 15.4 Å². The lowest BCUT2D eigenvalue weighted by molar-refractivity contribution is 0.0475. The summed E-state index contributed by atoms with van der Waals surface area (Å²) >= 11 is 0. The van der Waals surface area contributed by atoms with Gasteiger partial charge in [-0.15, -0.1) is 0 Å². The molecule has 0 spiro atoms. The van der Waals surface area contributed by atoms with Crippen LogP contribution in [0.25, 0.3) is 0 Å². The van der Waals surface area contributed by atoms with Crippen molar-refractivity contribution < 1.29 is 9.53 Å². The van der Waals surface area contributed by atoms with Crippen LogP contribution < -0.4 is 10.6 Å². The molecule has 0 aliphatic carbocycles. The van der Waals surface area contributed by atoms with E-state index in [1.807, 2.05) is 27.7 Å². The van der Waals surface area contributed by atoms with Crippen LogP contribution in [0.3, 0.4) is 0 Å². The number of carbonyl (C=O) groups excluding carboxylic acids is 1. The molecule has 18 heavy (non-hydrogen) atoms. The van der Waals surface area contributed by atoms with E-state index in [2.05, 4.69) is 16.7 Å². The number of carbonyl (C=O) groups is 1. The lowest BCUT2D eigenvalue weighted by Crippen LogP contribution is -2.46. The number of nitrogens with one attached hydrogen (secondary N) is 2. The highest BCUT2D eigenvalue weighted by Gasteiger charge is 2.31. The molecule has 3 unspecified atom stereocenters. The summed E-state index contributed by atoms with van der Waals surface area (Å²) in [4.78, 5) is 11.8. The fourth-order valence-electron chi connectivity index (χ4n) is 2.16. The third-order valence-electron chi connectivity index (χ3n) is 3.03. The van der Waals surface area contributed by atoms with Gasteiger partial charge in [-0.05, 0) is 46.6 Å². The highest BCUT2D eigenvalue weighted by molar-refractivity contribution is 5.68. The van der Waals surface area contributed by atoms with Gasteiger partial charge in [0.15, 0.2) is 0 Å². The first-order valence-corrected chi connectivity index (χ1v) is 6.43. The molecule has 102 valence electrons. The average Bonchev–Trinajstić information content (AvgIpc) is 2.75. The number of ether oxygens (including phenoxy) is 1. The molecule has 2 N–H and O–H groups in total. The van der Waals surface area contributed by atoms with Crippen molar-refractivity contribution in [1.29, 1.82) is 5.26 Å². The topological polar surface area (TPSA) is 74.2 Å². The van der Waals surface area contributed by atoms with E-state index < -0.39 is 11.7 Å². The quantitative estimate of drug-likeness (QED) is 0.802. The van der Waals surface area contributed by atoms with Crippen molar-refractivity contribution in [3.8, 4) is 6.07 Å². The van der Waals surface area contributed by atoms with Crippen LogP contribution in [0.1, 0.15) is 34.1 Å². The zero-order valence-corrected chi connectivity index (χ0v) is 11.6. The highest BCUT2D eigenvalue weighted by atomic mass is 16.6. The molecule has 3 atom stereocenters. The molecule has 0 radical (unpaired) electrons. The smallest absolute Gasteiger partial charge is 0.407 e. The summed E-state index contributed by atoms with van der Waals surface area (Å²) in [7, 11) is 0. The van der Waals surface area contributed by atoms with Crippen LogP contribution in [0.15, 0.2) is 0 Å². The van der Waals surface area contributed by atoms with E-state index in [1.165, 1.54) is 0 Å². The van der Waals surface area contributed by atoms with Gasteiger partial charge in [-0.25, -0.2) is 4.79 Å². The summed E-state index contributed by atoms with van der Waals surface area (Å²) < 4.78 is 5.24. The second-order valence-electron chi connectivity index (χ2n) is 5.84. The zero-order chi connectivity index (χ0) is 13.8. The Morgan fingerprint density at radius 3 is 2.67 bits per heavy atom. The van der Waals surface area contributed by atoms with Crippen molar-refractivity contribution in [2.24, 2.45) is 11.8 Å². The van der Waals surface area contributed by atoms with Gasteiger partial charge in [-0.1, -0.05) is 0 Å². The van der Waals surface area contributed by atoms with E-state index >= 15 is 0 Å². The van der Waals surface area contributed by atoms with Crippen LogP contribution in [-0.2, 0) is 4.74 Å². The summed E-state index contributed by atoms with van der Waals surface area (Å²) in [5, 5.41) is 15.1. The molecule has 5 nitrogen and oxygen atoms in total. The van der Waals surface area contributed by atoms with E-state index in [9.17, 15) is 4.79 Å². The maximum absolute atomic E-state index is 11.8. The van der Waals surface area contributed by atoms with Gasteiger partial charge in [-0.3, -0.25) is 0 Å². The molecule has 0 aromatic heterocycles. The summed E-state index contributed by atoms with van der Waals surface area (Å²) in [6.45, 7) is 9.09. The summed E-state index contributed by atoms with van der Waals surface area (Å²) in [6, 6.07) is 2.06. The van der Waals surface area contributed by atoms with Gasteiger partial charge in [-0.2, -0.15) is 5.26 Å². The molecule has 0 bridgehead atoms. The Kier molecular flexibility index (Phi) is 4.97. The number of amides is 1. The van der Waals surface area contributed by atoms with E-state index in [0.29, 0.717) is 5.92 Å². The number of alkyl carbamates (subject to hydrolysis) is 1. The summed E-state index contributed by atoms with van der Waals surface area (Å²) in [5.74, 6) is 0.0783. The minimum absolute atomic E-state index is 0.153. The Labute approximate surface area is 109 Å². The molecule has 1 saturated heterocycles. The van der Waals surface area contributed by atoms with Crippen LogP contribution in [-0.4, -0.2) is 30.8 Å². The van der Waals surface area contributed by atoms with Crippen molar-refractivity contribution in [3.63, 3.8) is 0 Å². The minimum atomic E-state index is -0.515. The first kappa shape index (κ1) is 14.8. The number of hydrogen-bond acceptors (Lipinski definition) is 4. The summed E-state index contributed by atoms with van der Waals surface area (Å²) in [6.07, 6.45) is 0.536. The molecule has 1 rings (SSSR count). The maximum atomic E-state index is 11.8. The number of nitrogens with zero attached hydrogens (tertiary/aromatic N) is 1. The molecule has 1 fully saturated rings. The fourth-order valence-corrected chi connectivity index (χ4v) is 2.16. The number of nitriles is 1. The van der Waals surface area contributed by atoms with Gasteiger partial charge in [0, 0.05) is 6.54 Å². The Bertz CT molecular complexity index is 324. The van der Waals surface area contributed by atoms with Crippen molar-refractivity contribution in [2.75, 3.05) is 13.1 Å². The molecule has 0 aromatic rings. The van der Waals surface area contributed by atoms with E-state index in [0.717, 1.165) is 19.5 Å². The van der Waals surface area contributed by atoms with Crippen LogP contribution >= 0.6 is 0 Å². The zero-order valence-electron chi connectivity index (χ0n) is 11.6. The Hall–Kier alpha value is -1.28. The van der Waals surface area contributed by atoms with E-state index in [4.69, 9.17) is 10.00 Å². The number of hydrogen-bond donors (Lipinski definition) is 2. The summed E-state index contributed by atoms with van der Waals surface area (Å²) in [5.41, 5.74) is -0.515. The predicted molar refractivity (Wildman–Crippen MR) is 68.9 cm³/mol. The Morgan fingerprint density at radius 1 is 1.56 bits per heavy atom. The Balaban J connectivity index is 2.61. The maximum Gasteiger partial charge on any atom is 0.407 e. The first-order valence-electron chi connectivity index (χ1n) is 6.43. The third-order valence-corrected chi connectivity index (χ3v) is 3.03. The van der Waals surface area contributed by atoms with Gasteiger partial charge in [0.1, 0.15) is 5.60 Å². The molecule has 5 heteroatoms. The second-order valence-corrected chi connectivity index (χ2v) is 5.84. The lowest BCUT2D eigenvalue weighted by atomic mass is 9.89. The van der Waals surface area contributed by atoms with Gasteiger partial charge >= 0.3 is 6.09 Å². The van der Waals surface area contributed by atoms with E-state index in [-0.39, 0.29) is 12.0 Å². The number of rotatable bonds is 3. The Morgan fingerprint density at radius 2 is 2.22 bits per heavy atom.